The number of nitrogens with one attached hydrogen (secondary N) is 1. The number of aryl methyl sites for hydroxylation is 1. The molecule has 1 aromatic carbocycles. The number of benzene rings is 1. The van der Waals surface area contributed by atoms with Crippen LogP contribution in [0.3, 0.4) is 0 Å². The molecule has 33 heavy (non-hydrogen) atoms. The number of methoxy groups -OCH3 is 1. The van der Waals surface area contributed by atoms with E-state index in [1.165, 1.54) is 5.56 Å². The van der Waals surface area contributed by atoms with Crippen LogP contribution in [0.1, 0.15) is 60.9 Å². The second kappa shape index (κ2) is 7.71. The molecule has 0 radical (unpaired) electrons. The average Bonchev–Trinajstić information content (AvgIpc) is 3.26. The second-order valence-corrected chi connectivity index (χ2v) is 9.89. The zero-order valence-electron chi connectivity index (χ0n) is 19.0. The predicted molar refractivity (Wildman–Crippen MR) is 119 cm³/mol. The molecule has 2 aromatic heterocycles. The number of carbonyl (C=O) groups excluding carboxylic acids is 1. The molecule has 3 aliphatic rings. The van der Waals surface area contributed by atoms with Gasteiger partial charge in [0, 0.05) is 25.4 Å². The van der Waals surface area contributed by atoms with Gasteiger partial charge in [0.15, 0.2) is 5.82 Å². The topological polar surface area (TPSA) is 95.1 Å². The van der Waals surface area contributed by atoms with Crippen LogP contribution in [0.5, 0.6) is 5.75 Å². The van der Waals surface area contributed by atoms with Crippen LogP contribution >= 0.6 is 0 Å². The molecule has 0 spiro atoms. The summed E-state index contributed by atoms with van der Waals surface area (Å²) in [7, 11) is 3.55. The predicted octanol–water partition coefficient (Wildman–Crippen LogP) is 3.34. The summed E-state index contributed by atoms with van der Waals surface area (Å²) in [6.07, 6.45) is 9.02. The number of ether oxygens (including phenoxy) is 1. The van der Waals surface area contributed by atoms with Crippen molar-refractivity contribution in [1.29, 1.82) is 0 Å². The fraction of sp³-hybridized carbons (Fsp3) is 0.520. The Kier molecular flexibility index (Phi) is 4.78. The van der Waals surface area contributed by atoms with E-state index in [-0.39, 0.29) is 23.2 Å². The van der Waals surface area contributed by atoms with Crippen LogP contribution in [-0.2, 0) is 23.8 Å². The Morgan fingerprint density at radius 1 is 1.24 bits per heavy atom. The maximum Gasteiger partial charge on any atom is 0.230 e. The van der Waals surface area contributed by atoms with Crippen LogP contribution in [0.25, 0.3) is 0 Å². The van der Waals surface area contributed by atoms with Gasteiger partial charge in [0.2, 0.25) is 11.8 Å². The van der Waals surface area contributed by atoms with Crippen molar-refractivity contribution in [2.24, 2.45) is 24.8 Å². The lowest BCUT2D eigenvalue weighted by Gasteiger charge is -2.27. The monoisotopic (exact) mass is 447 g/mol. The molecule has 3 fully saturated rings. The van der Waals surface area contributed by atoms with E-state index in [0.29, 0.717) is 24.3 Å². The maximum absolute atomic E-state index is 13.3. The van der Waals surface area contributed by atoms with Crippen molar-refractivity contribution in [3.05, 3.63) is 59.5 Å². The molecule has 4 atom stereocenters. The van der Waals surface area contributed by atoms with Gasteiger partial charge >= 0.3 is 0 Å². The van der Waals surface area contributed by atoms with Crippen molar-refractivity contribution < 1.29 is 14.1 Å². The highest BCUT2D eigenvalue weighted by Gasteiger charge is 2.55. The first-order chi connectivity index (χ1) is 16.1. The minimum absolute atomic E-state index is 0.00515. The van der Waals surface area contributed by atoms with Gasteiger partial charge in [-0.25, -0.2) is 0 Å². The number of carbonyl (C=O) groups is 1. The Morgan fingerprint density at radius 3 is 2.73 bits per heavy atom. The van der Waals surface area contributed by atoms with Gasteiger partial charge < -0.3 is 14.6 Å². The van der Waals surface area contributed by atoms with Crippen molar-refractivity contribution in [1.82, 2.24) is 25.2 Å². The lowest BCUT2D eigenvalue weighted by Crippen LogP contribution is -2.37. The summed E-state index contributed by atoms with van der Waals surface area (Å²) in [4.78, 5) is 18.2. The van der Waals surface area contributed by atoms with Crippen LogP contribution < -0.4 is 10.1 Å². The minimum Gasteiger partial charge on any atom is -0.497 e. The summed E-state index contributed by atoms with van der Waals surface area (Å²) in [5, 5.41) is 11.7. The number of hydrogen-bond donors (Lipinski definition) is 1. The number of rotatable bonds is 7. The van der Waals surface area contributed by atoms with Gasteiger partial charge in [-0.15, -0.1) is 0 Å². The molecule has 2 heterocycles. The molecule has 3 saturated carbocycles. The molecule has 1 amide bonds. The van der Waals surface area contributed by atoms with E-state index < -0.39 is 0 Å². The van der Waals surface area contributed by atoms with Crippen molar-refractivity contribution >= 4 is 5.91 Å². The molecule has 172 valence electrons. The van der Waals surface area contributed by atoms with Gasteiger partial charge in [-0.3, -0.25) is 9.48 Å². The third-order valence-electron chi connectivity index (χ3n) is 7.99. The van der Waals surface area contributed by atoms with E-state index in [9.17, 15) is 4.79 Å². The maximum atomic E-state index is 13.3. The highest BCUT2D eigenvalue weighted by Crippen LogP contribution is 2.57. The average molecular weight is 448 g/mol. The van der Waals surface area contributed by atoms with E-state index in [1.54, 1.807) is 18.0 Å². The van der Waals surface area contributed by atoms with E-state index in [2.05, 4.69) is 27.7 Å². The minimum atomic E-state index is -0.177. The second-order valence-electron chi connectivity index (χ2n) is 9.89. The first kappa shape index (κ1) is 20.4. The number of hydrogen-bond acceptors (Lipinski definition) is 6. The summed E-state index contributed by atoms with van der Waals surface area (Å²) < 4.78 is 12.9. The summed E-state index contributed by atoms with van der Waals surface area (Å²) in [5.74, 6) is 3.04. The standard InChI is InChI=1S/C25H29N5O3/c1-30-14-15(13-27-30)12-26-22(31)20-16-3-4-17(11-16)21(20)23-28-24(29-33-23)25(9-10-25)18-5-7-19(32-2)8-6-18/h5-8,13-14,16-17,20-21H,3-4,9-12H2,1-2H3,(H,26,31)/t16-,17+,20-,21-/m0/s1. The molecule has 3 aromatic rings. The van der Waals surface area contributed by atoms with Gasteiger partial charge in [-0.05, 0) is 61.6 Å². The van der Waals surface area contributed by atoms with Crippen LogP contribution in [0.4, 0.5) is 0 Å². The molecule has 8 nitrogen and oxygen atoms in total. The van der Waals surface area contributed by atoms with E-state index in [0.717, 1.165) is 49.2 Å². The largest absolute Gasteiger partial charge is 0.497 e. The van der Waals surface area contributed by atoms with Gasteiger partial charge in [-0.2, -0.15) is 10.1 Å². The van der Waals surface area contributed by atoms with Crippen molar-refractivity contribution in [2.45, 2.75) is 50.0 Å². The molecular formula is C25H29N5O3. The van der Waals surface area contributed by atoms with Gasteiger partial charge in [0.25, 0.3) is 0 Å². The third-order valence-corrected chi connectivity index (χ3v) is 7.99. The molecule has 1 N–H and O–H groups in total. The zero-order chi connectivity index (χ0) is 22.6. The Bertz CT molecular complexity index is 1160. The molecule has 3 aliphatic carbocycles. The molecule has 0 aliphatic heterocycles. The lowest BCUT2D eigenvalue weighted by atomic mass is 9.78. The number of fused-ring (bicyclic) bond motifs is 2. The molecule has 0 saturated heterocycles. The van der Waals surface area contributed by atoms with Crippen molar-refractivity contribution in [3.63, 3.8) is 0 Å². The van der Waals surface area contributed by atoms with Gasteiger partial charge in [0.1, 0.15) is 5.75 Å². The van der Waals surface area contributed by atoms with E-state index in [4.69, 9.17) is 14.2 Å². The molecule has 0 unspecified atom stereocenters. The van der Waals surface area contributed by atoms with Gasteiger partial charge in [0.05, 0.1) is 30.6 Å². The highest BCUT2D eigenvalue weighted by atomic mass is 16.5. The third kappa shape index (κ3) is 3.43. The normalized spacial score (nSPS) is 27.0. The Hall–Kier alpha value is -3.16. The summed E-state index contributed by atoms with van der Waals surface area (Å²) >= 11 is 0. The van der Waals surface area contributed by atoms with E-state index >= 15 is 0 Å². The Labute approximate surface area is 192 Å². The summed E-state index contributed by atoms with van der Waals surface area (Å²) in [6.45, 7) is 0.489. The zero-order valence-corrected chi connectivity index (χ0v) is 19.0. The lowest BCUT2D eigenvalue weighted by molar-refractivity contribution is -0.127. The Balaban J connectivity index is 1.22. The highest BCUT2D eigenvalue weighted by molar-refractivity contribution is 5.80. The van der Waals surface area contributed by atoms with E-state index in [1.807, 2.05) is 25.4 Å². The molecule has 6 rings (SSSR count). The fourth-order valence-corrected chi connectivity index (χ4v) is 6.14. The SMILES string of the molecule is COc1ccc(C2(c3noc([C@H]4[C@@H]5CC[C@@H](C5)[C@@H]4C(=O)NCc4cnn(C)c4)n3)CC2)cc1. The molecule has 8 heteroatoms. The number of amides is 1. The van der Waals surface area contributed by atoms with Crippen LogP contribution in [0.15, 0.2) is 41.2 Å². The summed E-state index contributed by atoms with van der Waals surface area (Å²) in [6, 6.07) is 8.14. The van der Waals surface area contributed by atoms with Crippen LogP contribution in [0, 0.1) is 17.8 Å². The van der Waals surface area contributed by atoms with Crippen LogP contribution in [-0.4, -0.2) is 32.9 Å². The van der Waals surface area contributed by atoms with Crippen molar-refractivity contribution in [2.75, 3.05) is 7.11 Å². The first-order valence-corrected chi connectivity index (χ1v) is 11.8. The summed E-state index contributed by atoms with van der Waals surface area (Å²) in [5.41, 5.74) is 2.01. The quantitative estimate of drug-likeness (QED) is 0.597. The van der Waals surface area contributed by atoms with Crippen molar-refractivity contribution in [3.8, 4) is 5.75 Å². The molecule has 2 bridgehead atoms. The smallest absolute Gasteiger partial charge is 0.230 e. The molecular weight excluding hydrogens is 418 g/mol. The Morgan fingerprint density at radius 2 is 2.03 bits per heavy atom. The fourth-order valence-electron chi connectivity index (χ4n) is 6.14. The van der Waals surface area contributed by atoms with Gasteiger partial charge in [-0.1, -0.05) is 17.3 Å². The number of aromatic nitrogens is 4. The first-order valence-electron chi connectivity index (χ1n) is 11.8. The van der Waals surface area contributed by atoms with Crippen LogP contribution in [0.2, 0.25) is 0 Å². The number of nitrogens with zero attached hydrogens (tertiary/aromatic N) is 4.